The fraction of sp³-hybridized carbons (Fsp3) is 0.211. The quantitative estimate of drug-likeness (QED) is 0.428. The first-order valence-electron chi connectivity index (χ1n) is 7.90. The molecule has 0 radical (unpaired) electrons. The van der Waals surface area contributed by atoms with E-state index < -0.39 is 0 Å². The van der Waals surface area contributed by atoms with E-state index in [1.54, 1.807) is 0 Å². The van der Waals surface area contributed by atoms with Crippen LogP contribution in [0.3, 0.4) is 0 Å². The lowest BCUT2D eigenvalue weighted by Crippen LogP contribution is -2.22. The van der Waals surface area contributed by atoms with Crippen molar-refractivity contribution in [2.45, 2.75) is 19.9 Å². The normalized spacial score (nSPS) is 11.8. The number of hydrogen-bond donors (Lipinski definition) is 2. The van der Waals surface area contributed by atoms with Crippen LogP contribution in [0.15, 0.2) is 65.8 Å². The van der Waals surface area contributed by atoms with Crippen LogP contribution in [0.1, 0.15) is 12.0 Å². The lowest BCUT2D eigenvalue weighted by molar-refractivity contribution is 0.671. The average molecular weight is 306 g/mol. The van der Waals surface area contributed by atoms with Crippen LogP contribution in [0.2, 0.25) is 0 Å². The van der Waals surface area contributed by atoms with Crippen molar-refractivity contribution in [3.05, 3.63) is 66.4 Å². The molecule has 4 heteroatoms. The third-order valence-corrected chi connectivity index (χ3v) is 3.84. The molecule has 0 bridgehead atoms. The summed E-state index contributed by atoms with van der Waals surface area (Å²) in [5.74, 6) is 0.464. The number of guanidine groups is 1. The number of benzene rings is 2. The molecule has 0 amide bonds. The molecule has 0 aliphatic carbocycles. The molecule has 3 N–H and O–H groups in total. The predicted octanol–water partition coefficient (Wildman–Crippen LogP) is 3.77. The number of para-hydroxylation sites is 1. The van der Waals surface area contributed by atoms with E-state index in [1.807, 2.05) is 24.3 Å². The molecule has 1 heterocycles. The van der Waals surface area contributed by atoms with E-state index in [4.69, 9.17) is 5.73 Å². The summed E-state index contributed by atoms with van der Waals surface area (Å²) in [7, 11) is 0. The van der Waals surface area contributed by atoms with E-state index in [0.717, 1.165) is 18.7 Å². The molecule has 0 aliphatic heterocycles. The lowest BCUT2D eigenvalue weighted by Gasteiger charge is -2.07. The molecule has 1 aromatic heterocycles. The number of aryl methyl sites for hydroxylation is 2. The van der Waals surface area contributed by atoms with E-state index in [2.05, 4.69) is 58.3 Å². The third-order valence-electron chi connectivity index (χ3n) is 3.84. The Morgan fingerprint density at radius 1 is 1.09 bits per heavy atom. The molecule has 3 aromatic rings. The first kappa shape index (κ1) is 15.2. The molecule has 3 rings (SSSR count). The molecule has 0 fully saturated rings. The Morgan fingerprint density at radius 3 is 2.70 bits per heavy atom. The Bertz CT molecular complexity index is 800. The van der Waals surface area contributed by atoms with Gasteiger partial charge in [0.1, 0.15) is 0 Å². The second kappa shape index (κ2) is 7.01. The Labute approximate surface area is 136 Å². The Kier molecular flexibility index (Phi) is 4.62. The smallest absolute Gasteiger partial charge is 0.193 e. The molecule has 0 unspecified atom stereocenters. The van der Waals surface area contributed by atoms with Crippen LogP contribution in [-0.4, -0.2) is 17.1 Å². The fourth-order valence-corrected chi connectivity index (χ4v) is 2.60. The van der Waals surface area contributed by atoms with Gasteiger partial charge in [0.25, 0.3) is 0 Å². The van der Waals surface area contributed by atoms with E-state index >= 15 is 0 Å². The number of anilines is 1. The van der Waals surface area contributed by atoms with Crippen molar-refractivity contribution in [3.8, 4) is 0 Å². The van der Waals surface area contributed by atoms with E-state index in [0.29, 0.717) is 12.5 Å². The molecule has 0 saturated heterocycles. The van der Waals surface area contributed by atoms with Crippen molar-refractivity contribution in [2.24, 2.45) is 10.7 Å². The van der Waals surface area contributed by atoms with Crippen LogP contribution >= 0.6 is 0 Å². The molecule has 0 atom stereocenters. The summed E-state index contributed by atoms with van der Waals surface area (Å²) < 4.78 is 2.26. The molecule has 23 heavy (non-hydrogen) atoms. The van der Waals surface area contributed by atoms with Crippen LogP contribution in [0, 0.1) is 6.92 Å². The maximum Gasteiger partial charge on any atom is 0.193 e. The number of aromatic nitrogens is 1. The molecular formula is C19H22N4. The van der Waals surface area contributed by atoms with E-state index in [1.165, 1.54) is 16.5 Å². The van der Waals surface area contributed by atoms with Crippen molar-refractivity contribution in [1.82, 2.24) is 4.57 Å². The summed E-state index contributed by atoms with van der Waals surface area (Å²) in [5, 5.41) is 4.39. The first-order chi connectivity index (χ1) is 11.2. The summed E-state index contributed by atoms with van der Waals surface area (Å²) in [6.45, 7) is 3.71. The van der Waals surface area contributed by atoms with Crippen LogP contribution in [0.5, 0.6) is 0 Å². The molecular weight excluding hydrogens is 284 g/mol. The van der Waals surface area contributed by atoms with Crippen molar-refractivity contribution in [2.75, 3.05) is 11.9 Å². The largest absolute Gasteiger partial charge is 0.370 e. The molecule has 0 saturated carbocycles. The summed E-state index contributed by atoms with van der Waals surface area (Å²) >= 11 is 0. The van der Waals surface area contributed by atoms with Gasteiger partial charge < -0.3 is 15.6 Å². The van der Waals surface area contributed by atoms with Crippen LogP contribution in [-0.2, 0) is 6.54 Å². The Morgan fingerprint density at radius 2 is 1.87 bits per heavy atom. The SMILES string of the molecule is Cc1ccc(NC(N)=NCCCn2ccc3ccccc32)cc1. The molecule has 0 aliphatic rings. The summed E-state index contributed by atoms with van der Waals surface area (Å²) in [4.78, 5) is 4.39. The molecule has 4 nitrogen and oxygen atoms in total. The fourth-order valence-electron chi connectivity index (χ4n) is 2.60. The zero-order valence-corrected chi connectivity index (χ0v) is 13.4. The van der Waals surface area contributed by atoms with Gasteiger partial charge in [-0.25, -0.2) is 0 Å². The van der Waals surface area contributed by atoms with Gasteiger partial charge in [-0.3, -0.25) is 4.99 Å². The Hall–Kier alpha value is -2.75. The van der Waals surface area contributed by atoms with Crippen LogP contribution < -0.4 is 11.1 Å². The second-order valence-electron chi connectivity index (χ2n) is 5.68. The zero-order valence-electron chi connectivity index (χ0n) is 13.4. The number of nitrogens with one attached hydrogen (secondary N) is 1. The van der Waals surface area contributed by atoms with Crippen LogP contribution in [0.4, 0.5) is 5.69 Å². The van der Waals surface area contributed by atoms with Gasteiger partial charge in [0, 0.05) is 30.5 Å². The van der Waals surface area contributed by atoms with Crippen LogP contribution in [0.25, 0.3) is 10.9 Å². The minimum absolute atomic E-state index is 0.464. The summed E-state index contributed by atoms with van der Waals surface area (Å²) in [6, 6.07) is 18.7. The lowest BCUT2D eigenvalue weighted by atomic mass is 10.2. The van der Waals surface area contributed by atoms with Gasteiger partial charge in [-0.2, -0.15) is 0 Å². The highest BCUT2D eigenvalue weighted by Gasteiger charge is 1.99. The highest BCUT2D eigenvalue weighted by Crippen LogP contribution is 2.15. The zero-order chi connectivity index (χ0) is 16.1. The van der Waals surface area contributed by atoms with Crippen molar-refractivity contribution in [1.29, 1.82) is 0 Å². The highest BCUT2D eigenvalue weighted by molar-refractivity contribution is 5.92. The monoisotopic (exact) mass is 306 g/mol. The van der Waals surface area contributed by atoms with E-state index in [9.17, 15) is 0 Å². The standard InChI is InChI=1S/C19H22N4/c1-15-7-9-17(10-8-15)22-19(20)21-12-4-13-23-14-11-16-5-2-3-6-18(16)23/h2-3,5-11,14H,4,12-13H2,1H3,(H3,20,21,22). The molecule has 118 valence electrons. The number of fused-ring (bicyclic) bond motifs is 1. The first-order valence-corrected chi connectivity index (χ1v) is 7.90. The number of nitrogens with two attached hydrogens (primary N) is 1. The number of rotatable bonds is 5. The van der Waals surface area contributed by atoms with Crippen molar-refractivity contribution < 1.29 is 0 Å². The van der Waals surface area contributed by atoms with Crippen molar-refractivity contribution >= 4 is 22.5 Å². The maximum absolute atomic E-state index is 5.93. The molecule has 0 spiro atoms. The minimum atomic E-state index is 0.464. The minimum Gasteiger partial charge on any atom is -0.370 e. The van der Waals surface area contributed by atoms with Gasteiger partial charge >= 0.3 is 0 Å². The average Bonchev–Trinajstić information content (AvgIpc) is 2.97. The van der Waals surface area contributed by atoms with Gasteiger partial charge in [0.05, 0.1) is 0 Å². The maximum atomic E-state index is 5.93. The van der Waals surface area contributed by atoms with Crippen molar-refractivity contribution in [3.63, 3.8) is 0 Å². The topological polar surface area (TPSA) is 55.3 Å². The van der Waals surface area contributed by atoms with Gasteiger partial charge in [-0.05, 0) is 43.0 Å². The summed E-state index contributed by atoms with van der Waals surface area (Å²) in [5.41, 5.74) is 9.38. The van der Waals surface area contributed by atoms with E-state index in [-0.39, 0.29) is 0 Å². The van der Waals surface area contributed by atoms with Gasteiger partial charge in [-0.1, -0.05) is 35.9 Å². The number of hydrogen-bond acceptors (Lipinski definition) is 1. The van der Waals surface area contributed by atoms with Gasteiger partial charge in [0.2, 0.25) is 0 Å². The third kappa shape index (κ3) is 3.92. The highest BCUT2D eigenvalue weighted by atomic mass is 15.1. The second-order valence-corrected chi connectivity index (χ2v) is 5.68. The van der Waals surface area contributed by atoms with Gasteiger partial charge in [-0.15, -0.1) is 0 Å². The number of nitrogens with zero attached hydrogens (tertiary/aromatic N) is 2. The molecule has 2 aromatic carbocycles. The Balaban J connectivity index is 1.51. The van der Waals surface area contributed by atoms with Gasteiger partial charge in [0.15, 0.2) is 5.96 Å². The predicted molar refractivity (Wildman–Crippen MR) is 97.8 cm³/mol. The summed E-state index contributed by atoms with van der Waals surface area (Å²) in [6.07, 6.45) is 3.08. The number of aliphatic imine (C=N–C) groups is 1.